The molecule has 4 aromatic rings. The molecule has 4 rings (SSSR count). The smallest absolute Gasteiger partial charge is 0.354 e. The molecule has 0 atom stereocenters. The summed E-state index contributed by atoms with van der Waals surface area (Å²) in [5, 5.41) is 18.3. The lowest BCUT2D eigenvalue weighted by Gasteiger charge is -2.12. The highest BCUT2D eigenvalue weighted by Crippen LogP contribution is 2.26. The van der Waals surface area contributed by atoms with E-state index in [0.29, 0.717) is 17.8 Å². The minimum atomic E-state index is -1.05. The maximum absolute atomic E-state index is 11.6. The van der Waals surface area contributed by atoms with E-state index in [-0.39, 0.29) is 5.69 Å². The number of hydrogen-bond acceptors (Lipinski definition) is 4. The predicted octanol–water partition coefficient (Wildman–Crippen LogP) is 3.48. The zero-order valence-electron chi connectivity index (χ0n) is 16.5. The number of hydrogen-bond donors (Lipinski definition) is 1. The summed E-state index contributed by atoms with van der Waals surface area (Å²) in [4.78, 5) is 15.9. The summed E-state index contributed by atoms with van der Waals surface area (Å²) in [5.41, 5.74) is 6.20. The van der Waals surface area contributed by atoms with E-state index in [0.717, 1.165) is 27.9 Å². The maximum Gasteiger partial charge on any atom is 0.354 e. The van der Waals surface area contributed by atoms with Crippen molar-refractivity contribution >= 4 is 5.97 Å². The standard InChI is InChI=1S/C22H21N5O2/c1-14-17(12-15-4-6-16(7-5-15)18-8-10-26(2)24-18)13-20(22(28)29)23-21(14)19-9-11-27(3)25-19/h4-11,13H,12H2,1-3H3,(H,28,29). The van der Waals surface area contributed by atoms with Gasteiger partial charge in [-0.25, -0.2) is 9.78 Å². The van der Waals surface area contributed by atoms with Gasteiger partial charge in [0, 0.05) is 32.1 Å². The molecule has 0 bridgehead atoms. The van der Waals surface area contributed by atoms with Crippen molar-refractivity contribution in [1.82, 2.24) is 24.5 Å². The van der Waals surface area contributed by atoms with Crippen LogP contribution in [0.15, 0.2) is 54.9 Å². The number of benzene rings is 1. The largest absolute Gasteiger partial charge is 0.477 e. The van der Waals surface area contributed by atoms with Crippen LogP contribution in [0.5, 0.6) is 0 Å². The number of rotatable bonds is 5. The van der Waals surface area contributed by atoms with Gasteiger partial charge in [-0.15, -0.1) is 0 Å². The van der Waals surface area contributed by atoms with Crippen LogP contribution in [0.3, 0.4) is 0 Å². The number of nitrogens with zero attached hydrogens (tertiary/aromatic N) is 5. The van der Waals surface area contributed by atoms with Crippen molar-refractivity contribution in [1.29, 1.82) is 0 Å². The molecule has 1 aromatic carbocycles. The average Bonchev–Trinajstić information content (AvgIpc) is 3.32. The molecule has 1 N–H and O–H groups in total. The molecule has 0 aliphatic heterocycles. The highest BCUT2D eigenvalue weighted by Gasteiger charge is 2.16. The third kappa shape index (κ3) is 3.80. The van der Waals surface area contributed by atoms with E-state index in [1.54, 1.807) is 15.4 Å². The summed E-state index contributed by atoms with van der Waals surface area (Å²) in [7, 11) is 3.72. The van der Waals surface area contributed by atoms with Gasteiger partial charge in [-0.05, 0) is 48.2 Å². The van der Waals surface area contributed by atoms with Gasteiger partial charge < -0.3 is 5.11 Å². The number of carboxylic acids is 1. The van der Waals surface area contributed by atoms with Crippen molar-refractivity contribution in [3.63, 3.8) is 0 Å². The van der Waals surface area contributed by atoms with Gasteiger partial charge >= 0.3 is 5.97 Å². The fourth-order valence-corrected chi connectivity index (χ4v) is 3.33. The topological polar surface area (TPSA) is 85.8 Å². The van der Waals surface area contributed by atoms with E-state index >= 15 is 0 Å². The quantitative estimate of drug-likeness (QED) is 0.567. The minimum absolute atomic E-state index is 0.0244. The van der Waals surface area contributed by atoms with E-state index in [2.05, 4.69) is 15.2 Å². The molecule has 0 aliphatic carbocycles. The Hall–Kier alpha value is -3.74. The first-order chi connectivity index (χ1) is 13.9. The lowest BCUT2D eigenvalue weighted by Crippen LogP contribution is -2.07. The third-order valence-corrected chi connectivity index (χ3v) is 4.91. The molecule has 0 aliphatic rings. The second kappa shape index (κ2) is 7.35. The Balaban J connectivity index is 1.69. The van der Waals surface area contributed by atoms with Crippen LogP contribution in [0.4, 0.5) is 0 Å². The molecule has 0 radical (unpaired) electrons. The summed E-state index contributed by atoms with van der Waals surface area (Å²) in [6, 6.07) is 13.6. The van der Waals surface area contributed by atoms with Crippen LogP contribution < -0.4 is 0 Å². The van der Waals surface area contributed by atoms with Crippen LogP contribution in [0, 0.1) is 6.92 Å². The first-order valence-corrected chi connectivity index (χ1v) is 9.23. The van der Waals surface area contributed by atoms with Crippen LogP contribution in [0.2, 0.25) is 0 Å². The van der Waals surface area contributed by atoms with Gasteiger partial charge in [0.1, 0.15) is 11.4 Å². The van der Waals surface area contributed by atoms with E-state index in [1.165, 1.54) is 0 Å². The molecule has 146 valence electrons. The summed E-state index contributed by atoms with van der Waals surface area (Å²) in [6.07, 6.45) is 4.34. The number of aryl methyl sites for hydroxylation is 2. The number of carboxylic acid groups (broad SMARTS) is 1. The highest BCUT2D eigenvalue weighted by molar-refractivity contribution is 5.86. The monoisotopic (exact) mass is 387 g/mol. The van der Waals surface area contributed by atoms with Crippen molar-refractivity contribution in [2.45, 2.75) is 13.3 Å². The van der Waals surface area contributed by atoms with Crippen LogP contribution in [0.1, 0.15) is 27.2 Å². The Bertz CT molecular complexity index is 1190. The molecule has 3 aromatic heterocycles. The Morgan fingerprint density at radius 1 is 0.966 bits per heavy atom. The fourth-order valence-electron chi connectivity index (χ4n) is 3.33. The molecule has 7 nitrogen and oxygen atoms in total. The molecule has 0 spiro atoms. The lowest BCUT2D eigenvalue weighted by molar-refractivity contribution is 0.0690. The van der Waals surface area contributed by atoms with Crippen molar-refractivity contribution in [3.05, 3.63) is 77.2 Å². The molecule has 3 heterocycles. The lowest BCUT2D eigenvalue weighted by atomic mass is 9.97. The first-order valence-electron chi connectivity index (χ1n) is 9.23. The summed E-state index contributed by atoms with van der Waals surface area (Å²) >= 11 is 0. The summed E-state index contributed by atoms with van der Waals surface area (Å²) in [5.74, 6) is -1.05. The average molecular weight is 387 g/mol. The second-order valence-electron chi connectivity index (χ2n) is 7.07. The van der Waals surface area contributed by atoms with Crippen LogP contribution in [-0.4, -0.2) is 35.6 Å². The molecular weight excluding hydrogens is 366 g/mol. The van der Waals surface area contributed by atoms with Crippen molar-refractivity contribution in [2.24, 2.45) is 14.1 Å². The Kier molecular flexibility index (Phi) is 4.72. The minimum Gasteiger partial charge on any atom is -0.477 e. The fraction of sp³-hybridized carbons (Fsp3) is 0.182. The van der Waals surface area contributed by atoms with Gasteiger partial charge in [0.15, 0.2) is 0 Å². The molecule has 0 amide bonds. The van der Waals surface area contributed by atoms with Gasteiger partial charge in [-0.1, -0.05) is 24.3 Å². The SMILES string of the molecule is Cc1c(Cc2ccc(-c3ccn(C)n3)cc2)cc(C(=O)O)nc1-c1ccn(C)n1. The van der Waals surface area contributed by atoms with Crippen LogP contribution >= 0.6 is 0 Å². The predicted molar refractivity (Wildman–Crippen MR) is 110 cm³/mol. The van der Waals surface area contributed by atoms with E-state index in [9.17, 15) is 9.90 Å². The molecule has 29 heavy (non-hydrogen) atoms. The van der Waals surface area contributed by atoms with E-state index in [4.69, 9.17) is 0 Å². The third-order valence-electron chi connectivity index (χ3n) is 4.91. The molecule has 0 unspecified atom stereocenters. The Morgan fingerprint density at radius 2 is 1.59 bits per heavy atom. The Morgan fingerprint density at radius 3 is 2.14 bits per heavy atom. The second-order valence-corrected chi connectivity index (χ2v) is 7.07. The Labute approximate surface area is 168 Å². The van der Waals surface area contributed by atoms with Crippen LogP contribution in [-0.2, 0) is 20.5 Å². The van der Waals surface area contributed by atoms with Crippen molar-refractivity contribution in [3.8, 4) is 22.6 Å². The highest BCUT2D eigenvalue weighted by atomic mass is 16.4. The zero-order valence-corrected chi connectivity index (χ0v) is 16.5. The van der Waals surface area contributed by atoms with Gasteiger partial charge in [-0.3, -0.25) is 9.36 Å². The number of carbonyl (C=O) groups is 1. The molecule has 0 saturated heterocycles. The van der Waals surface area contributed by atoms with E-state index in [1.807, 2.05) is 69.8 Å². The van der Waals surface area contributed by atoms with Crippen molar-refractivity contribution in [2.75, 3.05) is 0 Å². The first kappa shape index (κ1) is 18.6. The number of aromatic carboxylic acids is 1. The van der Waals surface area contributed by atoms with Gasteiger partial charge in [-0.2, -0.15) is 10.2 Å². The molecule has 0 saturated carbocycles. The number of aromatic nitrogens is 5. The number of pyridine rings is 1. The van der Waals surface area contributed by atoms with Crippen LogP contribution in [0.25, 0.3) is 22.6 Å². The van der Waals surface area contributed by atoms with Gasteiger partial charge in [0.05, 0.1) is 11.4 Å². The van der Waals surface area contributed by atoms with Crippen molar-refractivity contribution < 1.29 is 9.90 Å². The molecule has 0 fully saturated rings. The molecular formula is C22H21N5O2. The normalized spacial score (nSPS) is 11.0. The van der Waals surface area contributed by atoms with Gasteiger partial charge in [0.2, 0.25) is 0 Å². The van der Waals surface area contributed by atoms with E-state index < -0.39 is 5.97 Å². The summed E-state index contributed by atoms with van der Waals surface area (Å²) in [6.45, 7) is 1.96. The van der Waals surface area contributed by atoms with Gasteiger partial charge in [0.25, 0.3) is 0 Å². The zero-order chi connectivity index (χ0) is 20.5. The summed E-state index contributed by atoms with van der Waals surface area (Å²) < 4.78 is 3.45. The maximum atomic E-state index is 11.6. The molecule has 7 heteroatoms.